The molecule has 2 rings (SSSR count). The highest BCUT2D eigenvalue weighted by atomic mass is 19.4. The quantitative estimate of drug-likeness (QED) is 0.624. The highest BCUT2D eigenvalue weighted by Gasteiger charge is 2.38. The van der Waals surface area contributed by atoms with Crippen LogP contribution < -0.4 is 16.6 Å². The van der Waals surface area contributed by atoms with Crippen molar-refractivity contribution in [1.82, 2.24) is 14.9 Å². The maximum absolute atomic E-state index is 12.0. The summed E-state index contributed by atoms with van der Waals surface area (Å²) in [5.74, 6) is 2.35. The number of aliphatic hydroxyl groups excluding tert-OH is 1. The van der Waals surface area contributed by atoms with Crippen molar-refractivity contribution >= 4 is 5.91 Å². The zero-order valence-electron chi connectivity index (χ0n) is 13.6. The molecular formula is C15H16F3N3O5. The molecule has 0 bridgehead atoms. The first-order chi connectivity index (χ1) is 12.1. The number of hydrogen-bond donors (Lipinski definition) is 3. The number of hydrogen-bond acceptors (Lipinski definition) is 5. The van der Waals surface area contributed by atoms with Crippen LogP contribution in [-0.2, 0) is 9.53 Å². The maximum Gasteiger partial charge on any atom is 0.471 e. The molecule has 142 valence electrons. The van der Waals surface area contributed by atoms with Crippen molar-refractivity contribution in [3.8, 4) is 11.8 Å². The molecule has 3 N–H and O–H groups in total. The minimum absolute atomic E-state index is 0.138. The number of alkyl halides is 3. The van der Waals surface area contributed by atoms with Gasteiger partial charge in [0.25, 0.3) is 5.56 Å². The zero-order valence-corrected chi connectivity index (χ0v) is 13.6. The van der Waals surface area contributed by atoms with E-state index in [4.69, 9.17) is 4.74 Å². The second-order valence-corrected chi connectivity index (χ2v) is 5.53. The summed E-state index contributed by atoms with van der Waals surface area (Å²) in [6.07, 6.45) is -5.27. The van der Waals surface area contributed by atoms with E-state index >= 15 is 0 Å². The van der Waals surface area contributed by atoms with E-state index in [9.17, 15) is 32.7 Å². The van der Waals surface area contributed by atoms with Gasteiger partial charge < -0.3 is 15.2 Å². The predicted octanol–water partition coefficient (Wildman–Crippen LogP) is -0.375. The number of rotatable bonds is 3. The van der Waals surface area contributed by atoms with E-state index in [1.807, 2.05) is 4.98 Å². The molecule has 0 spiro atoms. The van der Waals surface area contributed by atoms with Gasteiger partial charge in [0.15, 0.2) is 0 Å². The number of carbonyl (C=O) groups excluding carboxylic acids is 1. The van der Waals surface area contributed by atoms with Crippen molar-refractivity contribution < 1.29 is 27.8 Å². The maximum atomic E-state index is 12.0. The smallest absolute Gasteiger partial charge is 0.390 e. The van der Waals surface area contributed by atoms with Gasteiger partial charge in [0.1, 0.15) is 11.8 Å². The van der Waals surface area contributed by atoms with E-state index in [-0.39, 0.29) is 12.0 Å². The number of H-pyrrole nitrogens is 1. The molecule has 8 nitrogen and oxygen atoms in total. The Balaban J connectivity index is 2.17. The first-order valence-corrected chi connectivity index (χ1v) is 7.66. The predicted molar refractivity (Wildman–Crippen MR) is 82.1 cm³/mol. The molecular weight excluding hydrogens is 359 g/mol. The van der Waals surface area contributed by atoms with Crippen LogP contribution in [0, 0.1) is 11.8 Å². The van der Waals surface area contributed by atoms with Crippen molar-refractivity contribution in [1.29, 1.82) is 0 Å². The highest BCUT2D eigenvalue weighted by Crippen LogP contribution is 2.29. The lowest BCUT2D eigenvalue weighted by molar-refractivity contribution is -0.173. The number of aromatic nitrogens is 2. The van der Waals surface area contributed by atoms with Gasteiger partial charge in [0.2, 0.25) is 0 Å². The van der Waals surface area contributed by atoms with Crippen molar-refractivity contribution in [3.05, 3.63) is 32.6 Å². The average Bonchev–Trinajstić information content (AvgIpc) is 2.92. The topological polar surface area (TPSA) is 113 Å². The van der Waals surface area contributed by atoms with Gasteiger partial charge in [-0.25, -0.2) is 4.79 Å². The van der Waals surface area contributed by atoms with Gasteiger partial charge in [-0.15, -0.1) is 0 Å². The third kappa shape index (κ3) is 4.53. The molecule has 1 aromatic heterocycles. The molecule has 11 heteroatoms. The standard InChI is InChI=1S/C15H16F3N3O5/c1-2-10-9(22)6-11(26-10)21-7-8(12(23)20-14(21)25)4-3-5-19-13(24)15(16,17)18/h7,9-11,22H,2,5-6H2,1H3,(H,19,24)(H,20,23,25)/t9?,10-,11-/m1/s1. The number of aliphatic hydroxyl groups is 1. The molecule has 1 unspecified atom stereocenters. The summed E-state index contributed by atoms with van der Waals surface area (Å²) >= 11 is 0. The normalized spacial score (nSPS) is 22.6. The van der Waals surface area contributed by atoms with E-state index in [1.165, 1.54) is 5.32 Å². The lowest BCUT2D eigenvalue weighted by atomic mass is 10.1. The summed E-state index contributed by atoms with van der Waals surface area (Å²) in [5.41, 5.74) is -1.78. The lowest BCUT2D eigenvalue weighted by Crippen LogP contribution is -2.37. The molecule has 26 heavy (non-hydrogen) atoms. The molecule has 1 amide bonds. The SMILES string of the molecule is CC[C@H]1O[C@@H](n2cc(C#CCNC(=O)C(F)(F)F)c(=O)[nH]c2=O)CC1O. The monoisotopic (exact) mass is 375 g/mol. The van der Waals surface area contributed by atoms with E-state index in [2.05, 4.69) is 11.8 Å². The van der Waals surface area contributed by atoms with Crippen LogP contribution in [-0.4, -0.2) is 45.5 Å². The van der Waals surface area contributed by atoms with Crippen LogP contribution in [0.1, 0.15) is 31.6 Å². The Morgan fingerprint density at radius 1 is 1.50 bits per heavy atom. The Labute approximate surface area is 145 Å². The second kappa shape index (κ2) is 7.76. The number of nitrogens with one attached hydrogen (secondary N) is 2. The van der Waals surface area contributed by atoms with Crippen LogP contribution in [0.4, 0.5) is 13.2 Å². The minimum atomic E-state index is -5.02. The van der Waals surface area contributed by atoms with Gasteiger partial charge in [-0.1, -0.05) is 18.8 Å². The zero-order chi connectivity index (χ0) is 19.5. The van der Waals surface area contributed by atoms with Crippen LogP contribution in [0.3, 0.4) is 0 Å². The molecule has 0 radical (unpaired) electrons. The molecule has 2 heterocycles. The van der Waals surface area contributed by atoms with Crippen molar-refractivity contribution in [2.24, 2.45) is 0 Å². The number of nitrogens with zero attached hydrogens (tertiary/aromatic N) is 1. The van der Waals surface area contributed by atoms with E-state index in [0.717, 1.165) is 10.8 Å². The summed E-state index contributed by atoms with van der Waals surface area (Å²) in [7, 11) is 0. The highest BCUT2D eigenvalue weighted by molar-refractivity contribution is 5.81. The first kappa shape index (κ1) is 19.7. The molecule has 1 aromatic rings. The summed E-state index contributed by atoms with van der Waals surface area (Å²) in [4.78, 5) is 36.4. The van der Waals surface area contributed by atoms with Crippen LogP contribution >= 0.6 is 0 Å². The van der Waals surface area contributed by atoms with E-state index in [0.29, 0.717) is 6.42 Å². The molecule has 0 saturated carbocycles. The lowest BCUT2D eigenvalue weighted by Gasteiger charge is -2.14. The fourth-order valence-corrected chi connectivity index (χ4v) is 2.41. The molecule has 3 atom stereocenters. The Hall–Kier alpha value is -2.58. The molecule has 1 aliphatic rings. The van der Waals surface area contributed by atoms with Crippen molar-refractivity contribution in [2.75, 3.05) is 6.54 Å². The van der Waals surface area contributed by atoms with E-state index < -0.39 is 48.3 Å². The van der Waals surface area contributed by atoms with Crippen LogP contribution in [0.25, 0.3) is 0 Å². The van der Waals surface area contributed by atoms with Crippen molar-refractivity contribution in [3.63, 3.8) is 0 Å². The second-order valence-electron chi connectivity index (χ2n) is 5.53. The third-order valence-corrected chi connectivity index (χ3v) is 3.70. The minimum Gasteiger partial charge on any atom is -0.390 e. The Morgan fingerprint density at radius 2 is 2.19 bits per heavy atom. The Bertz CT molecular complexity index is 849. The molecule has 1 aliphatic heterocycles. The fraction of sp³-hybridized carbons (Fsp3) is 0.533. The molecule has 0 aliphatic carbocycles. The van der Waals surface area contributed by atoms with Gasteiger partial charge in [0.05, 0.1) is 18.8 Å². The number of amides is 1. The van der Waals surface area contributed by atoms with Crippen molar-refractivity contribution in [2.45, 2.75) is 44.4 Å². The van der Waals surface area contributed by atoms with Gasteiger partial charge in [-0.3, -0.25) is 19.1 Å². The number of carbonyl (C=O) groups is 1. The van der Waals surface area contributed by atoms with Crippen LogP contribution in [0.5, 0.6) is 0 Å². The Morgan fingerprint density at radius 3 is 2.77 bits per heavy atom. The number of ether oxygens (including phenoxy) is 1. The average molecular weight is 375 g/mol. The fourth-order valence-electron chi connectivity index (χ4n) is 2.41. The molecule has 1 saturated heterocycles. The molecule has 1 fully saturated rings. The van der Waals surface area contributed by atoms with Crippen LogP contribution in [0.2, 0.25) is 0 Å². The number of halogens is 3. The van der Waals surface area contributed by atoms with Gasteiger partial charge in [0, 0.05) is 12.6 Å². The van der Waals surface area contributed by atoms with E-state index in [1.54, 1.807) is 6.92 Å². The molecule has 0 aromatic carbocycles. The first-order valence-electron chi connectivity index (χ1n) is 7.66. The summed E-state index contributed by atoms with van der Waals surface area (Å²) in [5, 5.41) is 11.4. The summed E-state index contributed by atoms with van der Waals surface area (Å²) in [6, 6.07) is 0. The van der Waals surface area contributed by atoms with Crippen LogP contribution in [0.15, 0.2) is 15.8 Å². The van der Waals surface area contributed by atoms with Gasteiger partial charge in [-0.05, 0) is 6.42 Å². The number of aromatic amines is 1. The summed E-state index contributed by atoms with van der Waals surface area (Å²) < 4.78 is 42.7. The van der Waals surface area contributed by atoms with Gasteiger partial charge in [-0.2, -0.15) is 13.2 Å². The largest absolute Gasteiger partial charge is 0.471 e. The summed E-state index contributed by atoms with van der Waals surface area (Å²) in [6.45, 7) is 1.17. The Kier molecular flexibility index (Phi) is 5.89. The van der Waals surface area contributed by atoms with Gasteiger partial charge >= 0.3 is 17.8 Å². The third-order valence-electron chi connectivity index (χ3n) is 3.70.